The average Bonchev–Trinajstić information content (AvgIpc) is 2.71. The van der Waals surface area contributed by atoms with Crippen molar-refractivity contribution in [1.29, 1.82) is 0 Å². The van der Waals surface area contributed by atoms with Crippen LogP contribution in [0.2, 0.25) is 5.02 Å². The number of nitrogens with zero attached hydrogens (tertiary/aromatic N) is 1. The van der Waals surface area contributed by atoms with Crippen LogP contribution in [0.25, 0.3) is 0 Å². The lowest BCUT2D eigenvalue weighted by Gasteiger charge is -2.11. The van der Waals surface area contributed by atoms with Crippen LogP contribution in [-0.4, -0.2) is 23.6 Å². The molecule has 0 aliphatic rings. The quantitative estimate of drug-likeness (QED) is 0.737. The minimum atomic E-state index is -3.81. The Kier molecular flexibility index (Phi) is 4.22. The second-order valence-electron chi connectivity index (χ2n) is 4.43. The van der Waals surface area contributed by atoms with Gasteiger partial charge in [0.2, 0.25) is 0 Å². The molecule has 6 nitrogen and oxygen atoms in total. The first-order valence-electron chi connectivity index (χ1n) is 5.86. The number of hydrogen-bond donors (Lipinski definition) is 3. The van der Waals surface area contributed by atoms with Crippen molar-refractivity contribution < 1.29 is 8.42 Å². The van der Waals surface area contributed by atoms with Crippen LogP contribution < -0.4 is 10.5 Å². The van der Waals surface area contributed by atoms with Gasteiger partial charge >= 0.3 is 0 Å². The zero-order valence-electron chi connectivity index (χ0n) is 11.3. The lowest BCUT2D eigenvalue weighted by atomic mass is 10.2. The summed E-state index contributed by atoms with van der Waals surface area (Å²) >= 11 is 10.9. The molecule has 1 heterocycles. The summed E-state index contributed by atoms with van der Waals surface area (Å²) in [4.78, 5) is 0.252. The summed E-state index contributed by atoms with van der Waals surface area (Å²) in [5.74, 6) is 0. The molecule has 0 amide bonds. The summed E-state index contributed by atoms with van der Waals surface area (Å²) < 4.78 is 27.3. The second-order valence-corrected chi connectivity index (χ2v) is 6.89. The van der Waals surface area contributed by atoms with Crippen molar-refractivity contribution in [2.75, 3.05) is 4.72 Å². The third-order valence-corrected chi connectivity index (χ3v) is 5.02. The molecule has 21 heavy (non-hydrogen) atoms. The summed E-state index contributed by atoms with van der Waals surface area (Å²) in [5.41, 5.74) is 7.09. The van der Waals surface area contributed by atoms with Gasteiger partial charge in [-0.25, -0.2) is 8.42 Å². The smallest absolute Gasteiger partial charge is 0.265 e. The van der Waals surface area contributed by atoms with E-state index in [1.165, 1.54) is 12.1 Å². The number of nitrogens with two attached hydrogens (primary N) is 1. The number of rotatable bonds is 4. The van der Waals surface area contributed by atoms with Gasteiger partial charge in [0, 0.05) is 5.56 Å². The zero-order valence-corrected chi connectivity index (χ0v) is 13.7. The number of hydrogen-bond acceptors (Lipinski definition) is 4. The Bertz CT molecular complexity index is 795. The van der Waals surface area contributed by atoms with E-state index in [4.69, 9.17) is 29.6 Å². The van der Waals surface area contributed by atoms with E-state index < -0.39 is 10.0 Å². The molecule has 0 atom stereocenters. The number of halogens is 1. The van der Waals surface area contributed by atoms with Gasteiger partial charge in [0.1, 0.15) is 9.88 Å². The van der Waals surface area contributed by atoms with E-state index in [9.17, 15) is 8.42 Å². The van der Waals surface area contributed by atoms with Crippen LogP contribution in [0.3, 0.4) is 0 Å². The number of benzene rings is 1. The van der Waals surface area contributed by atoms with Crippen LogP contribution in [-0.2, 0) is 10.0 Å². The third kappa shape index (κ3) is 3.17. The molecule has 4 N–H and O–H groups in total. The molecular formula is C12H13ClN4O2S2. The fourth-order valence-corrected chi connectivity index (χ4v) is 3.68. The van der Waals surface area contributed by atoms with E-state index >= 15 is 0 Å². The van der Waals surface area contributed by atoms with E-state index in [0.29, 0.717) is 17.0 Å². The molecule has 112 valence electrons. The van der Waals surface area contributed by atoms with Crippen LogP contribution >= 0.6 is 23.8 Å². The Balaban J connectivity index is 2.46. The normalized spacial score (nSPS) is 11.4. The molecule has 1 aromatic carbocycles. The first-order valence-corrected chi connectivity index (χ1v) is 8.13. The van der Waals surface area contributed by atoms with Crippen molar-refractivity contribution in [3.05, 3.63) is 40.2 Å². The number of aromatic nitrogens is 2. The molecule has 0 saturated heterocycles. The molecule has 0 aliphatic heterocycles. The summed E-state index contributed by atoms with van der Waals surface area (Å²) in [7, 11) is -3.81. The van der Waals surface area contributed by atoms with Gasteiger partial charge in [-0.1, -0.05) is 29.9 Å². The fourth-order valence-electron chi connectivity index (χ4n) is 1.89. The number of aromatic amines is 1. The Morgan fingerprint density at radius 2 is 2.10 bits per heavy atom. The van der Waals surface area contributed by atoms with E-state index in [2.05, 4.69) is 14.9 Å². The van der Waals surface area contributed by atoms with Gasteiger partial charge in [-0.15, -0.1) is 0 Å². The molecule has 1 aromatic heterocycles. The largest absolute Gasteiger partial charge is 0.389 e. The van der Waals surface area contributed by atoms with Crippen molar-refractivity contribution in [2.24, 2.45) is 5.73 Å². The highest BCUT2D eigenvalue weighted by Crippen LogP contribution is 2.27. The summed E-state index contributed by atoms with van der Waals surface area (Å²) in [6.45, 7) is 3.23. The molecule has 9 heteroatoms. The molecule has 0 bridgehead atoms. The van der Waals surface area contributed by atoms with Gasteiger partial charge in [0.25, 0.3) is 10.0 Å². The monoisotopic (exact) mass is 344 g/mol. The first-order chi connectivity index (χ1) is 9.72. The fraction of sp³-hybridized carbons (Fsp3) is 0.167. The predicted molar refractivity (Wildman–Crippen MR) is 86.2 cm³/mol. The van der Waals surface area contributed by atoms with E-state index in [1.54, 1.807) is 19.9 Å². The number of aryl methyl sites for hydroxylation is 2. The highest BCUT2D eigenvalue weighted by Gasteiger charge is 2.23. The topological polar surface area (TPSA) is 101 Å². The Morgan fingerprint density at radius 1 is 1.43 bits per heavy atom. The van der Waals surface area contributed by atoms with Gasteiger partial charge in [-0.2, -0.15) is 5.10 Å². The van der Waals surface area contributed by atoms with Gasteiger partial charge in [0.05, 0.1) is 22.1 Å². The Morgan fingerprint density at radius 3 is 2.62 bits per heavy atom. The molecule has 2 aromatic rings. The van der Waals surface area contributed by atoms with Gasteiger partial charge in [-0.3, -0.25) is 9.82 Å². The average molecular weight is 345 g/mol. The standard InChI is InChI=1S/C12H13ClN4O2S2/c1-6-11(7(2)16-15-6)21(18,19)17-10-5-8(12(14)20)3-4-9(10)13/h3-5,17H,1-2H3,(H2,14,20)(H,15,16). The number of nitrogens with one attached hydrogen (secondary N) is 2. The summed E-state index contributed by atoms with van der Waals surface area (Å²) in [6.07, 6.45) is 0. The Hall–Kier alpha value is -1.64. The van der Waals surface area contributed by atoms with E-state index in [1.807, 2.05) is 0 Å². The van der Waals surface area contributed by atoms with E-state index in [-0.39, 0.29) is 20.6 Å². The van der Waals surface area contributed by atoms with Crippen molar-refractivity contribution in [3.63, 3.8) is 0 Å². The lowest BCUT2D eigenvalue weighted by Crippen LogP contribution is -2.16. The zero-order chi connectivity index (χ0) is 15.8. The minimum absolute atomic E-state index is 0.0966. The van der Waals surface area contributed by atoms with Crippen LogP contribution in [0, 0.1) is 13.8 Å². The van der Waals surface area contributed by atoms with Crippen LogP contribution in [0.5, 0.6) is 0 Å². The molecule has 2 rings (SSSR count). The number of anilines is 1. The van der Waals surface area contributed by atoms with Crippen molar-refractivity contribution in [2.45, 2.75) is 18.7 Å². The molecule has 0 spiro atoms. The van der Waals surface area contributed by atoms with Crippen LogP contribution in [0.15, 0.2) is 23.1 Å². The predicted octanol–water partition coefficient (Wildman–Crippen LogP) is 2.11. The highest BCUT2D eigenvalue weighted by atomic mass is 35.5. The molecule has 0 fully saturated rings. The third-order valence-electron chi connectivity index (χ3n) is 2.82. The molecule has 0 saturated carbocycles. The minimum Gasteiger partial charge on any atom is -0.389 e. The maximum absolute atomic E-state index is 12.4. The second kappa shape index (κ2) is 5.63. The number of sulfonamides is 1. The molecule has 0 unspecified atom stereocenters. The van der Waals surface area contributed by atoms with Gasteiger partial charge in [0.15, 0.2) is 0 Å². The maximum atomic E-state index is 12.4. The summed E-state index contributed by atoms with van der Waals surface area (Å²) in [6, 6.07) is 4.65. The highest BCUT2D eigenvalue weighted by molar-refractivity contribution is 7.92. The van der Waals surface area contributed by atoms with Crippen molar-refractivity contribution >= 4 is 44.5 Å². The van der Waals surface area contributed by atoms with Crippen molar-refractivity contribution in [3.8, 4) is 0 Å². The lowest BCUT2D eigenvalue weighted by molar-refractivity contribution is 0.600. The van der Waals surface area contributed by atoms with E-state index in [0.717, 1.165) is 0 Å². The molecular weight excluding hydrogens is 332 g/mol. The van der Waals surface area contributed by atoms with Gasteiger partial charge in [-0.05, 0) is 26.0 Å². The van der Waals surface area contributed by atoms with Crippen LogP contribution in [0.1, 0.15) is 17.0 Å². The number of H-pyrrole nitrogens is 1. The van der Waals surface area contributed by atoms with Gasteiger partial charge < -0.3 is 5.73 Å². The number of thiocarbonyl (C=S) groups is 1. The summed E-state index contributed by atoms with van der Waals surface area (Å²) in [5, 5.41) is 6.75. The Labute approximate surface area is 132 Å². The molecule has 0 radical (unpaired) electrons. The van der Waals surface area contributed by atoms with Crippen LogP contribution in [0.4, 0.5) is 5.69 Å². The molecule has 0 aliphatic carbocycles. The maximum Gasteiger partial charge on any atom is 0.265 e. The SMILES string of the molecule is Cc1n[nH]c(C)c1S(=O)(=O)Nc1cc(C(N)=S)ccc1Cl. The van der Waals surface area contributed by atoms with Crippen molar-refractivity contribution in [1.82, 2.24) is 10.2 Å². The first kappa shape index (κ1) is 15.7.